The van der Waals surface area contributed by atoms with E-state index in [2.05, 4.69) is 25.4 Å². The third-order valence-electron chi connectivity index (χ3n) is 4.24. The Balaban J connectivity index is 2.43. The van der Waals surface area contributed by atoms with Gasteiger partial charge in [0.25, 0.3) is 0 Å². The highest BCUT2D eigenvalue weighted by molar-refractivity contribution is 8.00. The molecule has 106 valence electrons. The first-order valence-electron chi connectivity index (χ1n) is 7.16. The molecule has 1 atom stereocenters. The summed E-state index contributed by atoms with van der Waals surface area (Å²) >= 11 is 1.92. The van der Waals surface area contributed by atoms with Gasteiger partial charge in [-0.25, -0.2) is 0 Å². The Bertz CT molecular complexity index is 252. The third-order valence-corrected chi connectivity index (χ3v) is 5.83. The van der Waals surface area contributed by atoms with E-state index in [4.69, 9.17) is 0 Å². The maximum atomic E-state index is 12.2. The molecule has 1 unspecified atom stereocenters. The van der Waals surface area contributed by atoms with Crippen molar-refractivity contribution in [2.24, 2.45) is 0 Å². The second-order valence-corrected chi connectivity index (χ2v) is 6.50. The average molecular weight is 272 g/mol. The van der Waals surface area contributed by atoms with Crippen LogP contribution in [-0.4, -0.2) is 47.5 Å². The number of hydrogen-bond donors (Lipinski definition) is 1. The highest BCUT2D eigenvalue weighted by atomic mass is 32.2. The summed E-state index contributed by atoms with van der Waals surface area (Å²) in [7, 11) is 0. The van der Waals surface area contributed by atoms with Gasteiger partial charge in [0, 0.05) is 24.4 Å². The number of hydrogen-bond acceptors (Lipinski definition) is 3. The number of rotatable bonds is 7. The van der Waals surface area contributed by atoms with Gasteiger partial charge in [0.2, 0.25) is 5.91 Å². The molecule has 1 aliphatic heterocycles. The van der Waals surface area contributed by atoms with E-state index in [0.29, 0.717) is 0 Å². The van der Waals surface area contributed by atoms with Crippen molar-refractivity contribution in [3.63, 3.8) is 0 Å². The molecule has 18 heavy (non-hydrogen) atoms. The van der Waals surface area contributed by atoms with Crippen molar-refractivity contribution in [2.75, 3.05) is 25.9 Å². The molecule has 0 aliphatic carbocycles. The van der Waals surface area contributed by atoms with Crippen LogP contribution in [-0.2, 0) is 4.79 Å². The summed E-state index contributed by atoms with van der Waals surface area (Å²) in [5.41, 5.74) is 0. The summed E-state index contributed by atoms with van der Waals surface area (Å²) in [4.78, 5) is 14.2. The normalized spacial score (nSPS) is 18.1. The predicted octanol–water partition coefficient (Wildman–Crippen LogP) is 2.51. The summed E-state index contributed by atoms with van der Waals surface area (Å²) in [6.07, 6.45) is 6.78. The van der Waals surface area contributed by atoms with Gasteiger partial charge < -0.3 is 10.2 Å². The topological polar surface area (TPSA) is 32.3 Å². The molecule has 3 nitrogen and oxygen atoms in total. The zero-order valence-electron chi connectivity index (χ0n) is 12.3. The summed E-state index contributed by atoms with van der Waals surface area (Å²) in [6.45, 7) is 9.27. The van der Waals surface area contributed by atoms with Gasteiger partial charge in [0.1, 0.15) is 0 Å². The van der Waals surface area contributed by atoms with E-state index in [1.807, 2.05) is 23.6 Å². The maximum absolute atomic E-state index is 12.2. The molecule has 0 aromatic rings. The Labute approximate surface area is 116 Å². The fourth-order valence-corrected chi connectivity index (χ4v) is 3.30. The Morgan fingerprint density at radius 3 is 2.33 bits per heavy atom. The van der Waals surface area contributed by atoms with E-state index < -0.39 is 0 Å². The first-order chi connectivity index (χ1) is 8.58. The van der Waals surface area contributed by atoms with Crippen LogP contribution in [0.5, 0.6) is 0 Å². The van der Waals surface area contributed by atoms with Crippen molar-refractivity contribution in [1.82, 2.24) is 10.2 Å². The van der Waals surface area contributed by atoms with Gasteiger partial charge in [-0.05, 0) is 38.9 Å². The minimum atomic E-state index is -0.0484. The standard InChI is InChI=1S/C14H28N2OS/c1-5-14(6-2,18-4)11-15-12(3)13(17)16-9-7-8-10-16/h12,15H,5-11H2,1-4H3. The van der Waals surface area contributed by atoms with Crippen LogP contribution in [0.15, 0.2) is 0 Å². The van der Waals surface area contributed by atoms with Gasteiger partial charge in [-0.2, -0.15) is 11.8 Å². The van der Waals surface area contributed by atoms with Gasteiger partial charge in [-0.15, -0.1) is 0 Å². The fourth-order valence-electron chi connectivity index (χ4n) is 2.50. The fraction of sp³-hybridized carbons (Fsp3) is 0.929. The Hall–Kier alpha value is -0.220. The minimum Gasteiger partial charge on any atom is -0.341 e. The molecule has 0 saturated carbocycles. The van der Waals surface area contributed by atoms with E-state index in [1.54, 1.807) is 0 Å². The monoisotopic (exact) mass is 272 g/mol. The van der Waals surface area contributed by atoms with Crippen molar-refractivity contribution >= 4 is 17.7 Å². The maximum Gasteiger partial charge on any atom is 0.239 e. The summed E-state index contributed by atoms with van der Waals surface area (Å²) < 4.78 is 0.277. The molecule has 0 radical (unpaired) electrons. The lowest BCUT2D eigenvalue weighted by Crippen LogP contribution is -2.48. The molecule has 1 heterocycles. The molecule has 0 bridgehead atoms. The second-order valence-electron chi connectivity index (χ2n) is 5.23. The lowest BCUT2D eigenvalue weighted by Gasteiger charge is -2.32. The number of nitrogens with one attached hydrogen (secondary N) is 1. The highest BCUT2D eigenvalue weighted by Gasteiger charge is 2.28. The van der Waals surface area contributed by atoms with Crippen LogP contribution in [0.2, 0.25) is 0 Å². The molecule has 1 fully saturated rings. The van der Waals surface area contributed by atoms with Crippen LogP contribution in [0, 0.1) is 0 Å². The molecule has 1 saturated heterocycles. The summed E-state index contributed by atoms with van der Waals surface area (Å²) in [5.74, 6) is 0.273. The molecular weight excluding hydrogens is 244 g/mol. The van der Waals surface area contributed by atoms with Gasteiger partial charge in [0.15, 0.2) is 0 Å². The summed E-state index contributed by atoms with van der Waals surface area (Å²) in [5, 5.41) is 3.44. The number of carbonyl (C=O) groups excluding carboxylic acids is 1. The Kier molecular flexibility index (Phi) is 6.50. The molecule has 0 aromatic carbocycles. The van der Waals surface area contributed by atoms with Crippen LogP contribution >= 0.6 is 11.8 Å². The van der Waals surface area contributed by atoms with Crippen molar-refractivity contribution in [2.45, 2.75) is 57.2 Å². The van der Waals surface area contributed by atoms with Crippen molar-refractivity contribution in [1.29, 1.82) is 0 Å². The van der Waals surface area contributed by atoms with Crippen molar-refractivity contribution in [3.8, 4) is 0 Å². The average Bonchev–Trinajstić information content (AvgIpc) is 2.93. The Morgan fingerprint density at radius 2 is 1.89 bits per heavy atom. The van der Waals surface area contributed by atoms with Crippen molar-refractivity contribution in [3.05, 3.63) is 0 Å². The predicted molar refractivity (Wildman–Crippen MR) is 80.1 cm³/mol. The van der Waals surface area contributed by atoms with E-state index in [0.717, 1.165) is 45.3 Å². The largest absolute Gasteiger partial charge is 0.341 e. The number of nitrogens with zero attached hydrogens (tertiary/aromatic N) is 1. The van der Waals surface area contributed by atoms with E-state index in [-0.39, 0.29) is 16.7 Å². The lowest BCUT2D eigenvalue weighted by molar-refractivity contribution is -0.131. The molecule has 1 amide bonds. The van der Waals surface area contributed by atoms with Crippen LogP contribution in [0.3, 0.4) is 0 Å². The molecule has 4 heteroatoms. The molecule has 1 rings (SSSR count). The third kappa shape index (κ3) is 3.89. The molecule has 1 N–H and O–H groups in total. The highest BCUT2D eigenvalue weighted by Crippen LogP contribution is 2.29. The minimum absolute atomic E-state index is 0.0484. The molecule has 0 spiro atoms. The quantitative estimate of drug-likeness (QED) is 0.773. The smallest absolute Gasteiger partial charge is 0.239 e. The summed E-state index contributed by atoms with van der Waals surface area (Å²) in [6, 6.07) is -0.0484. The van der Waals surface area contributed by atoms with Gasteiger partial charge in [-0.1, -0.05) is 13.8 Å². The number of likely N-dealkylation sites (tertiary alicyclic amines) is 1. The van der Waals surface area contributed by atoms with Crippen LogP contribution in [0.4, 0.5) is 0 Å². The van der Waals surface area contributed by atoms with Crippen LogP contribution in [0.1, 0.15) is 46.5 Å². The first-order valence-corrected chi connectivity index (χ1v) is 8.38. The number of amides is 1. The van der Waals surface area contributed by atoms with E-state index in [1.165, 1.54) is 0 Å². The molecular formula is C14H28N2OS. The van der Waals surface area contributed by atoms with E-state index in [9.17, 15) is 4.79 Å². The lowest BCUT2D eigenvalue weighted by atomic mass is 10.0. The second kappa shape index (κ2) is 7.39. The van der Waals surface area contributed by atoms with E-state index >= 15 is 0 Å². The van der Waals surface area contributed by atoms with Gasteiger partial charge >= 0.3 is 0 Å². The number of carbonyl (C=O) groups is 1. The SMILES string of the molecule is CCC(CC)(CNC(C)C(=O)N1CCCC1)SC. The zero-order chi connectivity index (χ0) is 13.6. The molecule has 1 aliphatic rings. The van der Waals surface area contributed by atoms with Gasteiger partial charge in [0.05, 0.1) is 6.04 Å². The van der Waals surface area contributed by atoms with Crippen LogP contribution < -0.4 is 5.32 Å². The number of thioether (sulfide) groups is 1. The van der Waals surface area contributed by atoms with Gasteiger partial charge in [-0.3, -0.25) is 4.79 Å². The Morgan fingerprint density at radius 1 is 1.33 bits per heavy atom. The zero-order valence-corrected chi connectivity index (χ0v) is 13.1. The molecule has 0 aromatic heterocycles. The first kappa shape index (κ1) is 15.8. The van der Waals surface area contributed by atoms with Crippen molar-refractivity contribution < 1.29 is 4.79 Å². The van der Waals surface area contributed by atoms with Crippen LogP contribution in [0.25, 0.3) is 0 Å².